The Morgan fingerprint density at radius 3 is 2.18 bits per heavy atom. The van der Waals surface area contributed by atoms with E-state index in [4.69, 9.17) is 0 Å². The summed E-state index contributed by atoms with van der Waals surface area (Å²) in [6, 6.07) is 0. The molecule has 0 aromatic rings. The maximum Gasteiger partial charge on any atom is -0.0143 e. The fraction of sp³-hybridized carbons (Fsp3) is 0.818. The van der Waals surface area contributed by atoms with Crippen molar-refractivity contribution in [2.75, 3.05) is 0 Å². The normalized spacial score (nSPS) is 33.2. The van der Waals surface area contributed by atoms with Crippen molar-refractivity contribution in [3.05, 3.63) is 11.6 Å². The van der Waals surface area contributed by atoms with E-state index in [1.165, 1.54) is 12.0 Å². The van der Waals surface area contributed by atoms with Gasteiger partial charge in [-0.3, -0.25) is 0 Å². The zero-order chi connectivity index (χ0) is 8.65. The minimum atomic E-state index is 0.589. The van der Waals surface area contributed by atoms with E-state index in [-0.39, 0.29) is 0 Å². The van der Waals surface area contributed by atoms with Crippen molar-refractivity contribution in [2.45, 2.75) is 41.0 Å². The highest BCUT2D eigenvalue weighted by atomic mass is 14.6. The molecule has 0 nitrogen and oxygen atoms in total. The maximum atomic E-state index is 2.44. The number of rotatable bonds is 2. The third-order valence-electron chi connectivity index (χ3n) is 3.09. The first-order valence-electron chi connectivity index (χ1n) is 4.65. The molecule has 0 N–H and O–H groups in total. The third kappa shape index (κ3) is 1.50. The molecule has 1 rings (SSSR count). The predicted molar refractivity (Wildman–Crippen MR) is 50.5 cm³/mol. The SMILES string of the molecule is CC[C@@H]1[C@H](C=C(C)C)C1(C)C. The van der Waals surface area contributed by atoms with Gasteiger partial charge < -0.3 is 0 Å². The lowest BCUT2D eigenvalue weighted by Gasteiger charge is -1.97. The van der Waals surface area contributed by atoms with Gasteiger partial charge >= 0.3 is 0 Å². The fourth-order valence-corrected chi connectivity index (χ4v) is 2.26. The van der Waals surface area contributed by atoms with E-state index in [1.807, 2.05) is 0 Å². The first kappa shape index (κ1) is 8.83. The van der Waals surface area contributed by atoms with Crippen molar-refractivity contribution in [3.8, 4) is 0 Å². The van der Waals surface area contributed by atoms with Gasteiger partial charge in [0.05, 0.1) is 0 Å². The average Bonchev–Trinajstić information content (AvgIpc) is 2.33. The summed E-state index contributed by atoms with van der Waals surface area (Å²) < 4.78 is 0. The summed E-state index contributed by atoms with van der Waals surface area (Å²) in [4.78, 5) is 0. The predicted octanol–water partition coefficient (Wildman–Crippen LogP) is 3.63. The van der Waals surface area contributed by atoms with Crippen LogP contribution in [-0.4, -0.2) is 0 Å². The van der Waals surface area contributed by atoms with Crippen LogP contribution in [0.4, 0.5) is 0 Å². The Hall–Kier alpha value is -0.260. The lowest BCUT2D eigenvalue weighted by Crippen LogP contribution is -1.88. The van der Waals surface area contributed by atoms with Gasteiger partial charge in [-0.25, -0.2) is 0 Å². The second-order valence-electron chi connectivity index (χ2n) is 4.61. The molecule has 0 aliphatic heterocycles. The summed E-state index contributed by atoms with van der Waals surface area (Å²) in [5.41, 5.74) is 2.06. The Morgan fingerprint density at radius 1 is 1.36 bits per heavy atom. The zero-order valence-corrected chi connectivity index (χ0v) is 8.44. The van der Waals surface area contributed by atoms with Crippen molar-refractivity contribution in [1.29, 1.82) is 0 Å². The quantitative estimate of drug-likeness (QED) is 0.530. The van der Waals surface area contributed by atoms with Crippen LogP contribution in [0.1, 0.15) is 41.0 Å². The molecule has 1 fully saturated rings. The molecule has 1 aliphatic carbocycles. The summed E-state index contributed by atoms with van der Waals surface area (Å²) in [6.07, 6.45) is 3.77. The molecule has 64 valence electrons. The molecule has 0 radical (unpaired) electrons. The summed E-state index contributed by atoms with van der Waals surface area (Å²) >= 11 is 0. The molecule has 0 unspecified atom stereocenters. The van der Waals surface area contributed by atoms with Gasteiger partial charge in [-0.2, -0.15) is 0 Å². The third-order valence-corrected chi connectivity index (χ3v) is 3.09. The topological polar surface area (TPSA) is 0 Å². The lowest BCUT2D eigenvalue weighted by atomic mass is 10.1. The van der Waals surface area contributed by atoms with Gasteiger partial charge in [0, 0.05) is 0 Å². The maximum absolute atomic E-state index is 2.44. The van der Waals surface area contributed by atoms with Crippen LogP contribution in [0, 0.1) is 17.3 Å². The van der Waals surface area contributed by atoms with Crippen LogP contribution in [0.3, 0.4) is 0 Å². The van der Waals surface area contributed by atoms with Crippen LogP contribution in [0.2, 0.25) is 0 Å². The number of hydrogen-bond donors (Lipinski definition) is 0. The van der Waals surface area contributed by atoms with Gasteiger partial charge in [-0.15, -0.1) is 0 Å². The highest BCUT2D eigenvalue weighted by Crippen LogP contribution is 2.60. The van der Waals surface area contributed by atoms with Crippen LogP contribution in [0.25, 0.3) is 0 Å². The Balaban J connectivity index is 2.59. The molecule has 0 aromatic heterocycles. The van der Waals surface area contributed by atoms with Crippen LogP contribution in [-0.2, 0) is 0 Å². The number of hydrogen-bond acceptors (Lipinski definition) is 0. The average molecular weight is 152 g/mol. The van der Waals surface area contributed by atoms with E-state index < -0.39 is 0 Å². The van der Waals surface area contributed by atoms with Gasteiger partial charge in [-0.05, 0) is 31.1 Å². The summed E-state index contributed by atoms with van der Waals surface area (Å²) in [5, 5.41) is 0. The van der Waals surface area contributed by atoms with Crippen molar-refractivity contribution in [1.82, 2.24) is 0 Å². The second-order valence-corrected chi connectivity index (χ2v) is 4.61. The molecule has 11 heavy (non-hydrogen) atoms. The molecule has 0 saturated heterocycles. The summed E-state index contributed by atoms with van der Waals surface area (Å²) in [6.45, 7) is 11.4. The summed E-state index contributed by atoms with van der Waals surface area (Å²) in [7, 11) is 0. The zero-order valence-electron chi connectivity index (χ0n) is 8.44. The highest BCUT2D eigenvalue weighted by Gasteiger charge is 2.54. The smallest absolute Gasteiger partial charge is 0.0143 e. The van der Waals surface area contributed by atoms with Crippen LogP contribution < -0.4 is 0 Å². The molecular formula is C11H20. The van der Waals surface area contributed by atoms with Crippen LogP contribution in [0.15, 0.2) is 11.6 Å². The van der Waals surface area contributed by atoms with E-state index in [2.05, 4.69) is 40.7 Å². The molecule has 2 atom stereocenters. The van der Waals surface area contributed by atoms with E-state index in [9.17, 15) is 0 Å². The fourth-order valence-electron chi connectivity index (χ4n) is 2.26. The summed E-state index contributed by atoms with van der Waals surface area (Å²) in [5.74, 6) is 1.80. The van der Waals surface area contributed by atoms with Crippen molar-refractivity contribution in [3.63, 3.8) is 0 Å². The molecule has 1 saturated carbocycles. The van der Waals surface area contributed by atoms with E-state index in [1.54, 1.807) is 0 Å². The van der Waals surface area contributed by atoms with Gasteiger partial charge in [0.15, 0.2) is 0 Å². The Labute approximate surface area is 70.7 Å². The number of allylic oxidation sites excluding steroid dienone is 2. The van der Waals surface area contributed by atoms with E-state index in [0.717, 1.165) is 11.8 Å². The molecule has 0 heteroatoms. The lowest BCUT2D eigenvalue weighted by molar-refractivity contribution is 0.542. The molecule has 0 spiro atoms. The van der Waals surface area contributed by atoms with Gasteiger partial charge in [0.25, 0.3) is 0 Å². The molecule has 1 aliphatic rings. The molecule has 0 bridgehead atoms. The van der Waals surface area contributed by atoms with Crippen molar-refractivity contribution < 1.29 is 0 Å². The van der Waals surface area contributed by atoms with E-state index >= 15 is 0 Å². The molecule has 0 amide bonds. The van der Waals surface area contributed by atoms with Crippen LogP contribution in [0.5, 0.6) is 0 Å². The van der Waals surface area contributed by atoms with Crippen LogP contribution >= 0.6 is 0 Å². The Bertz CT molecular complexity index is 170. The molecule has 0 heterocycles. The van der Waals surface area contributed by atoms with Gasteiger partial charge in [0.1, 0.15) is 0 Å². The standard InChI is InChI=1S/C11H20/c1-6-9-10(7-8(2)3)11(9,4)5/h7,9-10H,6H2,1-5H3/t9-,10+/m1/s1. The second kappa shape index (κ2) is 2.66. The Morgan fingerprint density at radius 2 is 1.91 bits per heavy atom. The highest BCUT2D eigenvalue weighted by molar-refractivity contribution is 5.16. The Kier molecular flexibility index (Phi) is 2.13. The van der Waals surface area contributed by atoms with Gasteiger partial charge in [0.2, 0.25) is 0 Å². The first-order valence-corrected chi connectivity index (χ1v) is 4.65. The van der Waals surface area contributed by atoms with E-state index in [0.29, 0.717) is 5.41 Å². The van der Waals surface area contributed by atoms with Crippen molar-refractivity contribution >= 4 is 0 Å². The first-order chi connectivity index (χ1) is 5.00. The monoisotopic (exact) mass is 152 g/mol. The minimum Gasteiger partial charge on any atom is -0.0819 e. The van der Waals surface area contributed by atoms with Crippen molar-refractivity contribution in [2.24, 2.45) is 17.3 Å². The molecular weight excluding hydrogens is 132 g/mol. The minimum absolute atomic E-state index is 0.589. The molecule has 0 aromatic carbocycles. The largest absolute Gasteiger partial charge is 0.0819 e. The van der Waals surface area contributed by atoms with Gasteiger partial charge in [-0.1, -0.05) is 38.8 Å².